The first-order valence-corrected chi connectivity index (χ1v) is 8.24. The molecule has 1 fully saturated rings. The fourth-order valence-corrected chi connectivity index (χ4v) is 3.31. The van der Waals surface area contributed by atoms with Crippen LogP contribution >= 0.6 is 0 Å². The summed E-state index contributed by atoms with van der Waals surface area (Å²) in [6, 6.07) is 7.73. The summed E-state index contributed by atoms with van der Waals surface area (Å²) in [6.45, 7) is 0.598. The third-order valence-corrected chi connectivity index (χ3v) is 4.62. The Balaban J connectivity index is 1.86. The molecule has 0 spiro atoms. The van der Waals surface area contributed by atoms with E-state index in [4.69, 9.17) is 4.74 Å². The van der Waals surface area contributed by atoms with Crippen molar-refractivity contribution in [1.29, 1.82) is 0 Å². The van der Waals surface area contributed by atoms with E-state index in [1.54, 1.807) is 12.0 Å². The minimum atomic E-state index is -0.643. The second-order valence-electron chi connectivity index (χ2n) is 6.22. The molecule has 2 aromatic rings. The Hall–Kier alpha value is -2.83. The molecule has 25 heavy (non-hydrogen) atoms. The van der Waals surface area contributed by atoms with E-state index >= 15 is 0 Å². The van der Waals surface area contributed by atoms with Gasteiger partial charge in [0.2, 0.25) is 0 Å². The maximum Gasteiger partial charge on any atom is 0.328 e. The first kappa shape index (κ1) is 17.0. The van der Waals surface area contributed by atoms with Crippen molar-refractivity contribution in [2.75, 3.05) is 13.7 Å². The summed E-state index contributed by atoms with van der Waals surface area (Å²) in [5.41, 5.74) is -0.150. The lowest BCUT2D eigenvalue weighted by Gasteiger charge is -2.25. The number of aryl methyl sites for hydroxylation is 1. The van der Waals surface area contributed by atoms with Gasteiger partial charge in [-0.2, -0.15) is 0 Å². The van der Waals surface area contributed by atoms with Crippen LogP contribution in [0.3, 0.4) is 0 Å². The van der Waals surface area contributed by atoms with Crippen molar-refractivity contribution in [2.45, 2.75) is 25.3 Å². The van der Waals surface area contributed by atoms with Gasteiger partial charge < -0.3 is 14.2 Å². The van der Waals surface area contributed by atoms with E-state index in [1.165, 1.54) is 17.8 Å². The minimum absolute atomic E-state index is 0.000402. The number of hydrogen-bond donors (Lipinski definition) is 1. The number of aromatic nitrogens is 2. The van der Waals surface area contributed by atoms with Gasteiger partial charge in [-0.3, -0.25) is 14.6 Å². The summed E-state index contributed by atoms with van der Waals surface area (Å²) in [5, 5.41) is 0. The first-order valence-electron chi connectivity index (χ1n) is 8.24. The molecule has 1 atom stereocenters. The number of aromatic amines is 1. The maximum absolute atomic E-state index is 12.8. The molecule has 7 heteroatoms. The molecule has 1 aliphatic rings. The number of likely N-dealkylation sites (tertiary alicyclic amines) is 1. The second-order valence-corrected chi connectivity index (χ2v) is 6.22. The van der Waals surface area contributed by atoms with E-state index in [9.17, 15) is 14.4 Å². The molecule has 2 heterocycles. The zero-order chi connectivity index (χ0) is 18.0. The Kier molecular flexibility index (Phi) is 4.74. The number of methoxy groups -OCH3 is 1. The van der Waals surface area contributed by atoms with Crippen molar-refractivity contribution >= 4 is 5.91 Å². The highest BCUT2D eigenvalue weighted by atomic mass is 16.5. The van der Waals surface area contributed by atoms with Gasteiger partial charge in [-0.05, 0) is 30.9 Å². The Morgan fingerprint density at radius 1 is 1.32 bits per heavy atom. The minimum Gasteiger partial charge on any atom is -0.496 e. The van der Waals surface area contributed by atoms with E-state index in [1.807, 2.05) is 24.3 Å². The summed E-state index contributed by atoms with van der Waals surface area (Å²) in [6.07, 6.45) is 3.73. The topological polar surface area (TPSA) is 84.4 Å². The van der Waals surface area contributed by atoms with E-state index < -0.39 is 11.2 Å². The normalized spacial score (nSPS) is 16.9. The molecule has 1 N–H and O–H groups in total. The monoisotopic (exact) mass is 343 g/mol. The second kappa shape index (κ2) is 6.96. The fraction of sp³-hybridized carbons (Fsp3) is 0.389. The molecule has 132 valence electrons. The number of carbonyl (C=O) groups excluding carboxylic acids is 1. The van der Waals surface area contributed by atoms with Crippen molar-refractivity contribution in [3.05, 3.63) is 62.4 Å². The lowest BCUT2D eigenvalue weighted by Crippen LogP contribution is -2.41. The van der Waals surface area contributed by atoms with Crippen molar-refractivity contribution < 1.29 is 9.53 Å². The summed E-state index contributed by atoms with van der Waals surface area (Å²) >= 11 is 0. The standard InChI is InChI=1S/C18H21N3O4/c1-20-11-14(16(22)19-18(20)24)17(23)21-9-5-7-13(21)10-12-6-3-4-8-15(12)25-2/h3-4,6,8,11,13H,5,7,9-10H2,1-2H3,(H,19,22,24). The van der Waals surface area contributed by atoms with Crippen LogP contribution in [-0.2, 0) is 13.5 Å². The van der Waals surface area contributed by atoms with Crippen LogP contribution in [0.4, 0.5) is 0 Å². The number of nitrogens with one attached hydrogen (secondary N) is 1. The molecule has 0 bridgehead atoms. The average molecular weight is 343 g/mol. The fourth-order valence-electron chi connectivity index (χ4n) is 3.31. The van der Waals surface area contributed by atoms with Crippen molar-refractivity contribution in [2.24, 2.45) is 7.05 Å². The van der Waals surface area contributed by atoms with Gasteiger partial charge in [0, 0.05) is 25.8 Å². The SMILES string of the molecule is COc1ccccc1CC1CCCN1C(=O)c1cn(C)c(=O)[nH]c1=O. The van der Waals surface area contributed by atoms with E-state index in [0.29, 0.717) is 13.0 Å². The highest BCUT2D eigenvalue weighted by Gasteiger charge is 2.31. The number of para-hydroxylation sites is 1. The Labute approximate surface area is 144 Å². The summed E-state index contributed by atoms with van der Waals surface area (Å²) in [5.74, 6) is 0.455. The third-order valence-electron chi connectivity index (χ3n) is 4.62. The van der Waals surface area contributed by atoms with Crippen molar-refractivity contribution in [1.82, 2.24) is 14.5 Å². The largest absolute Gasteiger partial charge is 0.496 e. The number of ether oxygens (including phenoxy) is 1. The zero-order valence-corrected chi connectivity index (χ0v) is 14.3. The molecule has 1 aliphatic heterocycles. The number of amides is 1. The lowest BCUT2D eigenvalue weighted by molar-refractivity contribution is 0.0733. The number of benzene rings is 1. The molecule has 1 aromatic heterocycles. The lowest BCUT2D eigenvalue weighted by atomic mass is 10.0. The Morgan fingerprint density at radius 2 is 2.08 bits per heavy atom. The van der Waals surface area contributed by atoms with Crippen LogP contribution in [0.2, 0.25) is 0 Å². The van der Waals surface area contributed by atoms with E-state index in [-0.39, 0.29) is 17.5 Å². The van der Waals surface area contributed by atoms with Gasteiger partial charge in [-0.15, -0.1) is 0 Å². The van der Waals surface area contributed by atoms with Gasteiger partial charge in [0.15, 0.2) is 0 Å². The summed E-state index contributed by atoms with van der Waals surface area (Å²) in [4.78, 5) is 40.2. The Bertz CT molecular complexity index is 900. The van der Waals surface area contributed by atoms with Crippen LogP contribution in [0, 0.1) is 0 Å². The molecule has 7 nitrogen and oxygen atoms in total. The van der Waals surface area contributed by atoms with Crippen LogP contribution in [0.25, 0.3) is 0 Å². The van der Waals surface area contributed by atoms with E-state index in [2.05, 4.69) is 4.98 Å². The van der Waals surface area contributed by atoms with E-state index in [0.717, 1.165) is 24.2 Å². The van der Waals surface area contributed by atoms with Crippen molar-refractivity contribution in [3.8, 4) is 5.75 Å². The van der Waals surface area contributed by atoms with Gasteiger partial charge >= 0.3 is 5.69 Å². The highest BCUT2D eigenvalue weighted by molar-refractivity contribution is 5.94. The van der Waals surface area contributed by atoms with Gasteiger partial charge in [0.25, 0.3) is 11.5 Å². The Morgan fingerprint density at radius 3 is 2.84 bits per heavy atom. The van der Waals surface area contributed by atoms with Crippen molar-refractivity contribution in [3.63, 3.8) is 0 Å². The molecule has 0 saturated carbocycles. The predicted molar refractivity (Wildman–Crippen MR) is 93.1 cm³/mol. The molecule has 3 rings (SSSR count). The highest BCUT2D eigenvalue weighted by Crippen LogP contribution is 2.26. The number of rotatable bonds is 4. The number of nitrogens with zero attached hydrogens (tertiary/aromatic N) is 2. The van der Waals surface area contributed by atoms with Gasteiger partial charge in [-0.25, -0.2) is 4.79 Å². The van der Waals surface area contributed by atoms with Crippen LogP contribution < -0.4 is 16.0 Å². The average Bonchev–Trinajstić information content (AvgIpc) is 3.06. The predicted octanol–water partition coefficient (Wildman–Crippen LogP) is 0.929. The molecule has 1 amide bonds. The van der Waals surface area contributed by atoms with Gasteiger partial charge in [-0.1, -0.05) is 18.2 Å². The molecule has 0 radical (unpaired) electrons. The van der Waals surface area contributed by atoms with Crippen LogP contribution in [0.15, 0.2) is 40.1 Å². The molecular weight excluding hydrogens is 322 g/mol. The van der Waals surface area contributed by atoms with Gasteiger partial charge in [0.1, 0.15) is 11.3 Å². The third kappa shape index (κ3) is 3.35. The van der Waals surface area contributed by atoms with Crippen LogP contribution in [0.1, 0.15) is 28.8 Å². The zero-order valence-electron chi connectivity index (χ0n) is 14.3. The van der Waals surface area contributed by atoms with Gasteiger partial charge in [0.05, 0.1) is 7.11 Å². The number of carbonyl (C=O) groups is 1. The molecule has 0 aliphatic carbocycles. The summed E-state index contributed by atoms with van der Waals surface area (Å²) in [7, 11) is 3.13. The molecule has 1 aromatic carbocycles. The number of hydrogen-bond acceptors (Lipinski definition) is 4. The number of H-pyrrole nitrogens is 1. The molecule has 1 unspecified atom stereocenters. The molecular formula is C18H21N3O4. The summed E-state index contributed by atoms with van der Waals surface area (Å²) < 4.78 is 6.60. The quantitative estimate of drug-likeness (QED) is 0.895. The van der Waals surface area contributed by atoms with Crippen LogP contribution in [-0.4, -0.2) is 40.1 Å². The first-order chi connectivity index (χ1) is 12.0. The van der Waals surface area contributed by atoms with Crippen LogP contribution in [0.5, 0.6) is 5.75 Å². The maximum atomic E-state index is 12.8. The molecule has 1 saturated heterocycles. The smallest absolute Gasteiger partial charge is 0.328 e.